The van der Waals surface area contributed by atoms with Crippen LogP contribution in [0.1, 0.15) is 81.5 Å². The molecule has 9 heteroatoms. The standard InChI is InChI=1S/C26H37N3O5S/c1-2-9-35-24-20(7-8-21(28-24)27-18-3-5-19(6-4-18)34-25(31)32)23(30)29-22-16-10-15-11-17(22)14-26(33,12-15)13-16/h7-8,15-19,22,33H,2-6,9-14H2,1H3,(H,27,28)(H,29,30)(H,31,32). The molecule has 5 saturated carbocycles. The van der Waals surface area contributed by atoms with Crippen LogP contribution in [0.5, 0.6) is 0 Å². The highest BCUT2D eigenvalue weighted by atomic mass is 32.2. The molecule has 4 bridgehead atoms. The van der Waals surface area contributed by atoms with Crippen LogP contribution in [0.3, 0.4) is 0 Å². The van der Waals surface area contributed by atoms with Gasteiger partial charge in [-0.1, -0.05) is 6.92 Å². The molecule has 192 valence electrons. The number of hydrogen-bond acceptors (Lipinski definition) is 7. The zero-order valence-corrected chi connectivity index (χ0v) is 21.2. The summed E-state index contributed by atoms with van der Waals surface area (Å²) < 4.78 is 4.91. The van der Waals surface area contributed by atoms with Crippen molar-refractivity contribution >= 4 is 29.6 Å². The molecule has 1 aromatic rings. The first-order valence-electron chi connectivity index (χ1n) is 13.1. The third-order valence-electron chi connectivity index (χ3n) is 8.38. The van der Waals surface area contributed by atoms with Crippen molar-refractivity contribution in [1.82, 2.24) is 10.3 Å². The number of pyridine rings is 1. The van der Waals surface area contributed by atoms with Crippen LogP contribution in [0.2, 0.25) is 0 Å². The summed E-state index contributed by atoms with van der Waals surface area (Å²) in [5.41, 5.74) is 0.119. The van der Waals surface area contributed by atoms with Gasteiger partial charge in [-0.2, -0.15) is 0 Å². The van der Waals surface area contributed by atoms with Gasteiger partial charge < -0.3 is 25.6 Å². The summed E-state index contributed by atoms with van der Waals surface area (Å²) in [5, 5.41) is 27.3. The number of rotatable bonds is 8. The first-order valence-corrected chi connectivity index (χ1v) is 14.1. The molecular formula is C26H37N3O5S. The molecule has 0 radical (unpaired) electrons. The second-order valence-corrected chi connectivity index (χ2v) is 12.2. The third kappa shape index (κ3) is 5.56. The predicted molar refractivity (Wildman–Crippen MR) is 134 cm³/mol. The number of nitrogens with one attached hydrogen (secondary N) is 2. The van der Waals surface area contributed by atoms with Crippen LogP contribution >= 0.6 is 11.8 Å². The fourth-order valence-corrected chi connectivity index (χ4v) is 8.00. The van der Waals surface area contributed by atoms with Gasteiger partial charge in [0.05, 0.1) is 11.2 Å². The Kier molecular flexibility index (Phi) is 7.17. The number of aromatic nitrogens is 1. The summed E-state index contributed by atoms with van der Waals surface area (Å²) >= 11 is 1.61. The lowest BCUT2D eigenvalue weighted by Crippen LogP contribution is -2.61. The highest BCUT2D eigenvalue weighted by molar-refractivity contribution is 7.99. The molecule has 8 nitrogen and oxygen atoms in total. The van der Waals surface area contributed by atoms with Crippen LogP contribution in [0.15, 0.2) is 17.2 Å². The fourth-order valence-electron chi connectivity index (χ4n) is 7.13. The molecule has 4 N–H and O–H groups in total. The van der Waals surface area contributed by atoms with Gasteiger partial charge in [-0.25, -0.2) is 9.78 Å². The van der Waals surface area contributed by atoms with E-state index >= 15 is 0 Å². The normalized spacial score (nSPS) is 35.5. The van der Waals surface area contributed by atoms with Gasteiger partial charge in [0.2, 0.25) is 0 Å². The maximum absolute atomic E-state index is 13.4. The van der Waals surface area contributed by atoms with E-state index in [0.717, 1.165) is 68.0 Å². The van der Waals surface area contributed by atoms with Gasteiger partial charge in [0, 0.05) is 12.1 Å². The minimum absolute atomic E-state index is 0.0570. The van der Waals surface area contributed by atoms with Crippen LogP contribution in [-0.2, 0) is 4.74 Å². The molecule has 2 unspecified atom stereocenters. The van der Waals surface area contributed by atoms with E-state index in [0.29, 0.717) is 36.2 Å². The number of carbonyl (C=O) groups excluding carboxylic acids is 1. The summed E-state index contributed by atoms with van der Waals surface area (Å²) in [5.74, 6) is 2.93. The minimum Gasteiger partial charge on any atom is -0.450 e. The molecular weight excluding hydrogens is 466 g/mol. The average molecular weight is 504 g/mol. The van der Waals surface area contributed by atoms with Crippen LogP contribution in [0.25, 0.3) is 0 Å². The molecule has 5 fully saturated rings. The Bertz CT molecular complexity index is 935. The van der Waals surface area contributed by atoms with Gasteiger partial charge >= 0.3 is 6.16 Å². The Hall–Kier alpha value is -2.00. The topological polar surface area (TPSA) is 121 Å². The second-order valence-electron chi connectivity index (χ2n) is 11.1. The second kappa shape index (κ2) is 10.2. The summed E-state index contributed by atoms with van der Waals surface area (Å²) in [6.07, 6.45) is 7.36. The number of anilines is 1. The van der Waals surface area contributed by atoms with Crippen molar-refractivity contribution in [2.75, 3.05) is 11.1 Å². The monoisotopic (exact) mass is 503 g/mol. The number of thioether (sulfide) groups is 1. The first-order chi connectivity index (χ1) is 16.8. The predicted octanol–water partition coefficient (Wildman–Crippen LogP) is 4.67. The number of aliphatic hydroxyl groups is 1. The maximum atomic E-state index is 13.4. The van der Waals surface area contributed by atoms with Crippen LogP contribution in [-0.4, -0.2) is 56.8 Å². The summed E-state index contributed by atoms with van der Waals surface area (Å²) in [4.78, 5) is 29.0. The van der Waals surface area contributed by atoms with Crippen molar-refractivity contribution in [3.8, 4) is 0 Å². The molecule has 1 heterocycles. The molecule has 5 aliphatic rings. The minimum atomic E-state index is -1.21. The van der Waals surface area contributed by atoms with E-state index in [2.05, 4.69) is 17.6 Å². The van der Waals surface area contributed by atoms with E-state index in [9.17, 15) is 14.7 Å². The number of hydrogen-bond donors (Lipinski definition) is 4. The molecule has 2 atom stereocenters. The zero-order chi connectivity index (χ0) is 24.6. The number of carbonyl (C=O) groups is 2. The van der Waals surface area contributed by atoms with Gasteiger partial charge in [0.25, 0.3) is 5.91 Å². The summed E-state index contributed by atoms with van der Waals surface area (Å²) in [7, 11) is 0. The Balaban J connectivity index is 1.24. The molecule has 5 aliphatic carbocycles. The molecule has 1 aromatic heterocycles. The molecule has 0 aliphatic heterocycles. The maximum Gasteiger partial charge on any atom is 0.506 e. The largest absolute Gasteiger partial charge is 0.506 e. The zero-order valence-electron chi connectivity index (χ0n) is 20.4. The van der Waals surface area contributed by atoms with Gasteiger partial charge in [0.1, 0.15) is 16.9 Å². The average Bonchev–Trinajstić information content (AvgIpc) is 2.80. The smallest absolute Gasteiger partial charge is 0.450 e. The number of nitrogens with zero attached hydrogens (tertiary/aromatic N) is 1. The van der Waals surface area contributed by atoms with Crippen LogP contribution in [0, 0.1) is 17.8 Å². The first kappa shape index (κ1) is 24.7. The quantitative estimate of drug-likeness (QED) is 0.298. The van der Waals surface area contributed by atoms with Gasteiger partial charge in [0.15, 0.2) is 0 Å². The number of carboxylic acid groups (broad SMARTS) is 1. The van der Waals surface area contributed by atoms with Gasteiger partial charge in [-0.3, -0.25) is 4.79 Å². The molecule has 6 rings (SSSR count). The molecule has 0 saturated heterocycles. The third-order valence-corrected chi connectivity index (χ3v) is 9.58. The number of ether oxygens (including phenoxy) is 1. The van der Waals surface area contributed by atoms with E-state index in [1.165, 1.54) is 0 Å². The van der Waals surface area contributed by atoms with Crippen molar-refractivity contribution < 1.29 is 24.5 Å². The van der Waals surface area contributed by atoms with Crippen molar-refractivity contribution in [2.24, 2.45) is 17.8 Å². The van der Waals surface area contributed by atoms with Crippen molar-refractivity contribution in [2.45, 2.75) is 99.9 Å². The number of amides is 1. The molecule has 35 heavy (non-hydrogen) atoms. The lowest BCUT2D eigenvalue weighted by atomic mass is 9.52. The van der Waals surface area contributed by atoms with E-state index in [1.807, 2.05) is 12.1 Å². The van der Waals surface area contributed by atoms with Crippen molar-refractivity contribution in [3.63, 3.8) is 0 Å². The highest BCUT2D eigenvalue weighted by Gasteiger charge is 2.55. The highest BCUT2D eigenvalue weighted by Crippen LogP contribution is 2.55. The van der Waals surface area contributed by atoms with E-state index < -0.39 is 11.8 Å². The SMILES string of the molecule is CCCSc1nc(NC2CCC(OC(=O)O)CC2)ccc1C(=O)NC1C2CC3CC1CC(O)(C3)C2. The van der Waals surface area contributed by atoms with Crippen molar-refractivity contribution in [1.29, 1.82) is 0 Å². The Morgan fingerprint density at radius 1 is 1.14 bits per heavy atom. The van der Waals surface area contributed by atoms with Gasteiger partial charge in [-0.15, -0.1) is 11.8 Å². The van der Waals surface area contributed by atoms with E-state index in [-0.39, 0.29) is 24.1 Å². The fraction of sp³-hybridized carbons (Fsp3) is 0.731. The molecule has 0 spiro atoms. The Morgan fingerprint density at radius 2 is 1.86 bits per heavy atom. The van der Waals surface area contributed by atoms with Crippen LogP contribution < -0.4 is 10.6 Å². The summed E-state index contributed by atoms with van der Waals surface area (Å²) in [6, 6.07) is 4.11. The molecule has 1 amide bonds. The Labute approximate surface area is 211 Å². The van der Waals surface area contributed by atoms with Gasteiger partial charge in [-0.05, 0) is 99.8 Å². The molecule has 0 aromatic carbocycles. The Morgan fingerprint density at radius 3 is 2.49 bits per heavy atom. The van der Waals surface area contributed by atoms with E-state index in [1.54, 1.807) is 11.8 Å². The summed E-state index contributed by atoms with van der Waals surface area (Å²) in [6.45, 7) is 2.12. The lowest BCUT2D eigenvalue weighted by molar-refractivity contribution is -0.136. The lowest BCUT2D eigenvalue weighted by Gasteiger charge is -2.58. The van der Waals surface area contributed by atoms with Crippen LogP contribution in [0.4, 0.5) is 10.6 Å². The van der Waals surface area contributed by atoms with E-state index in [4.69, 9.17) is 14.8 Å². The van der Waals surface area contributed by atoms with Crippen molar-refractivity contribution in [3.05, 3.63) is 17.7 Å².